The van der Waals surface area contributed by atoms with E-state index in [0.29, 0.717) is 12.1 Å². The number of nitrogens with zero attached hydrogens (tertiary/aromatic N) is 2. The summed E-state index contributed by atoms with van der Waals surface area (Å²) < 4.78 is 4.63. The Morgan fingerprint density at radius 3 is 2.64 bits per heavy atom. The number of amides is 1. The zero-order valence-electron chi connectivity index (χ0n) is 14.3. The van der Waals surface area contributed by atoms with E-state index in [1.165, 1.54) is 23.9 Å². The van der Waals surface area contributed by atoms with Crippen molar-refractivity contribution in [2.24, 2.45) is 11.8 Å². The Bertz CT molecular complexity index is 720. The smallest absolute Gasteiger partial charge is 0.324 e. The van der Waals surface area contributed by atoms with Crippen LogP contribution in [0.2, 0.25) is 0 Å². The van der Waals surface area contributed by atoms with E-state index >= 15 is 0 Å². The summed E-state index contributed by atoms with van der Waals surface area (Å²) in [5, 5.41) is 10.7. The number of carbonyl (C=O) groups is 2. The fourth-order valence-electron chi connectivity index (χ4n) is 3.23. The first-order valence-corrected chi connectivity index (χ1v) is 9.00. The summed E-state index contributed by atoms with van der Waals surface area (Å²) >= 11 is 1.49. The van der Waals surface area contributed by atoms with Crippen molar-refractivity contribution in [1.29, 1.82) is 0 Å². The number of hydrogen-bond donors (Lipinski definition) is 0. The van der Waals surface area contributed by atoms with E-state index in [2.05, 4.69) is 0 Å². The van der Waals surface area contributed by atoms with Crippen LogP contribution in [0.4, 0.5) is 5.69 Å². The van der Waals surface area contributed by atoms with E-state index in [4.69, 9.17) is 4.74 Å². The molecule has 0 aliphatic carbocycles. The predicted octanol–water partition coefficient (Wildman–Crippen LogP) is 2.58. The molecule has 2 unspecified atom stereocenters. The van der Waals surface area contributed by atoms with Gasteiger partial charge in [0.05, 0.1) is 16.2 Å². The maximum absolute atomic E-state index is 12.5. The first-order valence-electron chi connectivity index (χ1n) is 8.12. The van der Waals surface area contributed by atoms with Crippen LogP contribution in [0, 0.1) is 22.0 Å². The molecule has 2 aliphatic rings. The van der Waals surface area contributed by atoms with Crippen LogP contribution in [0.25, 0.3) is 0 Å². The zero-order valence-corrected chi connectivity index (χ0v) is 15.1. The fourth-order valence-corrected chi connectivity index (χ4v) is 5.01. The third-order valence-corrected chi connectivity index (χ3v) is 6.31. The summed E-state index contributed by atoms with van der Waals surface area (Å²) in [4.78, 5) is 36.6. The molecule has 0 spiro atoms. The van der Waals surface area contributed by atoms with Crippen LogP contribution in [0.15, 0.2) is 24.3 Å². The number of fused-ring (bicyclic) bond motifs is 1. The maximum Gasteiger partial charge on any atom is 0.324 e. The van der Waals surface area contributed by atoms with Crippen molar-refractivity contribution in [1.82, 2.24) is 4.90 Å². The number of thioether (sulfide) groups is 1. The number of benzene rings is 1. The molecule has 2 fully saturated rings. The van der Waals surface area contributed by atoms with Crippen LogP contribution in [-0.2, 0) is 20.9 Å². The van der Waals surface area contributed by atoms with Crippen molar-refractivity contribution in [3.63, 3.8) is 0 Å². The van der Waals surface area contributed by atoms with Gasteiger partial charge in [-0.05, 0) is 30.5 Å². The second kappa shape index (κ2) is 6.33. The van der Waals surface area contributed by atoms with Crippen molar-refractivity contribution in [3.8, 4) is 0 Å². The average molecular weight is 364 g/mol. The first-order chi connectivity index (χ1) is 11.7. The van der Waals surface area contributed by atoms with Crippen LogP contribution in [0.1, 0.15) is 26.3 Å². The molecule has 8 heteroatoms. The Hall–Kier alpha value is -2.09. The number of rotatable bonds is 5. The van der Waals surface area contributed by atoms with Gasteiger partial charge < -0.3 is 9.64 Å². The topological polar surface area (TPSA) is 89.8 Å². The van der Waals surface area contributed by atoms with E-state index in [9.17, 15) is 19.7 Å². The summed E-state index contributed by atoms with van der Waals surface area (Å²) in [6.45, 7) is 6.26. The number of non-ortho nitro benzene ring substituents is 1. The fraction of sp³-hybridized carbons (Fsp3) is 0.529. The summed E-state index contributed by atoms with van der Waals surface area (Å²) in [6, 6.07) is 5.90. The highest BCUT2D eigenvalue weighted by Gasteiger charge is 2.60. The van der Waals surface area contributed by atoms with Gasteiger partial charge in [-0.1, -0.05) is 13.8 Å². The monoisotopic (exact) mass is 364 g/mol. The second-order valence-electron chi connectivity index (χ2n) is 6.97. The van der Waals surface area contributed by atoms with Crippen LogP contribution < -0.4 is 0 Å². The molecule has 1 amide bonds. The summed E-state index contributed by atoms with van der Waals surface area (Å²) in [5.41, 5.74) is 0.681. The van der Waals surface area contributed by atoms with E-state index in [0.717, 1.165) is 0 Å². The molecule has 0 bridgehead atoms. The van der Waals surface area contributed by atoms with E-state index in [-0.39, 0.29) is 41.4 Å². The summed E-state index contributed by atoms with van der Waals surface area (Å²) in [7, 11) is 0. The predicted molar refractivity (Wildman–Crippen MR) is 92.7 cm³/mol. The van der Waals surface area contributed by atoms with Gasteiger partial charge in [-0.3, -0.25) is 19.7 Å². The number of nitro groups is 1. The Morgan fingerprint density at radius 1 is 1.44 bits per heavy atom. The molecule has 0 radical (unpaired) electrons. The molecule has 25 heavy (non-hydrogen) atoms. The Labute approximate surface area is 149 Å². The number of ether oxygens (including phenoxy) is 1. The first kappa shape index (κ1) is 17.7. The largest absolute Gasteiger partial charge is 0.460 e. The number of β-lactam (4-membered cyclic amide) rings is 1. The lowest BCUT2D eigenvalue weighted by atomic mass is 9.86. The second-order valence-corrected chi connectivity index (χ2v) is 8.59. The number of hydrogen-bond acceptors (Lipinski definition) is 6. The van der Waals surface area contributed by atoms with E-state index in [1.54, 1.807) is 24.0 Å². The zero-order chi connectivity index (χ0) is 18.4. The van der Waals surface area contributed by atoms with Crippen LogP contribution in [0.3, 0.4) is 0 Å². The molecule has 0 saturated carbocycles. The number of nitro benzene ring substituents is 1. The van der Waals surface area contributed by atoms with Crippen LogP contribution in [-0.4, -0.2) is 38.4 Å². The number of esters is 1. The number of carbonyl (C=O) groups excluding carboxylic acids is 2. The minimum atomic E-state index is -0.773. The van der Waals surface area contributed by atoms with E-state index in [1.807, 2.05) is 13.8 Å². The van der Waals surface area contributed by atoms with Gasteiger partial charge in [-0.15, -0.1) is 11.8 Å². The molecule has 0 N–H and O–H groups in total. The molecule has 134 valence electrons. The van der Waals surface area contributed by atoms with Crippen molar-refractivity contribution >= 4 is 29.3 Å². The van der Waals surface area contributed by atoms with Gasteiger partial charge in [0.25, 0.3) is 5.69 Å². The standard InChI is InChI=1S/C17H20N2O5S/c1-10(2)13-14(20)18-9-17(3,25-15(13)18)16(21)24-8-11-4-6-12(7-5-11)19(22)23/h4-7,10,13,15H,8-9H2,1-3H3/t13?,15-,17?/m1/s1. The lowest BCUT2D eigenvalue weighted by Gasteiger charge is -2.43. The Morgan fingerprint density at radius 2 is 2.08 bits per heavy atom. The molecule has 3 rings (SSSR count). The van der Waals surface area contributed by atoms with Crippen molar-refractivity contribution in [3.05, 3.63) is 39.9 Å². The third kappa shape index (κ3) is 3.10. The maximum atomic E-state index is 12.5. The molecule has 7 nitrogen and oxygen atoms in total. The molecule has 2 heterocycles. The molecule has 2 aliphatic heterocycles. The van der Waals surface area contributed by atoms with Gasteiger partial charge in [-0.2, -0.15) is 0 Å². The van der Waals surface area contributed by atoms with Gasteiger partial charge in [-0.25, -0.2) is 0 Å². The summed E-state index contributed by atoms with van der Waals surface area (Å²) in [5.74, 6) is -0.0334. The summed E-state index contributed by atoms with van der Waals surface area (Å²) in [6.07, 6.45) is 0. The van der Waals surface area contributed by atoms with Crippen molar-refractivity contribution in [2.45, 2.75) is 37.5 Å². The highest BCUT2D eigenvalue weighted by Crippen LogP contribution is 2.51. The molecular weight excluding hydrogens is 344 g/mol. The lowest BCUT2D eigenvalue weighted by molar-refractivity contribution is -0.384. The quantitative estimate of drug-likeness (QED) is 0.345. The molecule has 0 aromatic heterocycles. The third-order valence-electron chi connectivity index (χ3n) is 4.70. The van der Waals surface area contributed by atoms with Crippen LogP contribution >= 0.6 is 11.8 Å². The van der Waals surface area contributed by atoms with Crippen molar-refractivity contribution in [2.75, 3.05) is 6.54 Å². The highest BCUT2D eigenvalue weighted by atomic mass is 32.2. The Balaban J connectivity index is 1.60. The molecule has 1 aromatic carbocycles. The Kier molecular flexibility index (Phi) is 4.49. The van der Waals surface area contributed by atoms with Crippen molar-refractivity contribution < 1.29 is 19.2 Å². The van der Waals surface area contributed by atoms with Gasteiger partial charge in [0.2, 0.25) is 5.91 Å². The molecule has 1 aromatic rings. The highest BCUT2D eigenvalue weighted by molar-refractivity contribution is 8.02. The van der Waals surface area contributed by atoms with Gasteiger partial charge in [0.15, 0.2) is 0 Å². The van der Waals surface area contributed by atoms with Crippen LogP contribution in [0.5, 0.6) is 0 Å². The minimum absolute atomic E-state index is 0.00370. The van der Waals surface area contributed by atoms with Gasteiger partial charge in [0, 0.05) is 18.7 Å². The average Bonchev–Trinajstić information content (AvgIpc) is 2.87. The van der Waals surface area contributed by atoms with Gasteiger partial charge in [0.1, 0.15) is 11.4 Å². The molecule has 3 atom stereocenters. The molecular formula is C17H20N2O5S. The van der Waals surface area contributed by atoms with Gasteiger partial charge >= 0.3 is 5.97 Å². The van der Waals surface area contributed by atoms with E-state index < -0.39 is 9.67 Å². The normalized spacial score (nSPS) is 27.8. The minimum Gasteiger partial charge on any atom is -0.460 e. The lowest BCUT2D eigenvalue weighted by Crippen LogP contribution is -2.58. The SMILES string of the molecule is CC(C)C1C(=O)N2CC(C)(C(=O)OCc3ccc([N+](=O)[O-])cc3)S[C@H]12. The molecule has 2 saturated heterocycles.